The number of para-hydroxylation sites is 2. The summed E-state index contributed by atoms with van der Waals surface area (Å²) in [6.45, 7) is 0. The van der Waals surface area contributed by atoms with Crippen LogP contribution in [0.1, 0.15) is 0 Å². The molecule has 0 atom stereocenters. The highest BCUT2D eigenvalue weighted by Gasteiger charge is 2.22. The van der Waals surface area contributed by atoms with E-state index in [9.17, 15) is 0 Å². The predicted octanol–water partition coefficient (Wildman–Crippen LogP) is 16.3. The number of fused-ring (bicyclic) bond motifs is 9. The summed E-state index contributed by atoms with van der Waals surface area (Å²) in [7, 11) is 0. The highest BCUT2D eigenvalue weighted by atomic mass is 16.3. The van der Waals surface area contributed by atoms with E-state index >= 15 is 0 Å². The lowest BCUT2D eigenvalue weighted by Gasteiger charge is -2.28. The SMILES string of the molecule is c1cc(-c2cccc3ccccc23)cc(N(c2ccc(-c3ccc4oc5ccccc5c4c3)cc2)c2ccccc2-c2cccc3oc4c5ccccc5ccc4c23)c1. The van der Waals surface area contributed by atoms with Gasteiger partial charge in [0.1, 0.15) is 22.3 Å². The van der Waals surface area contributed by atoms with Crippen LogP contribution in [0.5, 0.6) is 0 Å². The third-order valence-corrected chi connectivity index (χ3v) is 11.9. The van der Waals surface area contributed by atoms with Crippen molar-refractivity contribution in [2.75, 3.05) is 4.90 Å². The van der Waals surface area contributed by atoms with Crippen molar-refractivity contribution in [3.05, 3.63) is 212 Å². The van der Waals surface area contributed by atoms with Crippen LogP contribution in [0.2, 0.25) is 0 Å². The number of hydrogen-bond acceptors (Lipinski definition) is 3. The van der Waals surface area contributed by atoms with E-state index in [2.05, 4.69) is 205 Å². The van der Waals surface area contributed by atoms with Crippen LogP contribution >= 0.6 is 0 Å². The fourth-order valence-electron chi connectivity index (χ4n) is 9.10. The molecule has 2 aromatic heterocycles. The first-order valence-corrected chi connectivity index (χ1v) is 20.1. The molecule has 0 saturated carbocycles. The molecule has 0 amide bonds. The molecule has 2 heterocycles. The molecule has 276 valence electrons. The number of nitrogens with zero attached hydrogens (tertiary/aromatic N) is 1. The number of benzene rings is 10. The first kappa shape index (κ1) is 33.3. The van der Waals surface area contributed by atoms with Gasteiger partial charge >= 0.3 is 0 Å². The quantitative estimate of drug-likeness (QED) is 0.169. The van der Waals surface area contributed by atoms with Crippen molar-refractivity contribution >= 4 is 82.5 Å². The highest BCUT2D eigenvalue weighted by Crippen LogP contribution is 2.46. The molecule has 3 nitrogen and oxygen atoms in total. The fourth-order valence-corrected chi connectivity index (χ4v) is 9.10. The Labute approximate surface area is 340 Å². The van der Waals surface area contributed by atoms with Gasteiger partial charge in [0, 0.05) is 43.9 Å². The van der Waals surface area contributed by atoms with Crippen molar-refractivity contribution in [1.82, 2.24) is 0 Å². The van der Waals surface area contributed by atoms with E-state index in [1.807, 2.05) is 12.1 Å². The normalized spacial score (nSPS) is 11.7. The first-order valence-electron chi connectivity index (χ1n) is 20.1. The molecule has 0 radical (unpaired) electrons. The molecule has 0 aliphatic carbocycles. The Hall–Kier alpha value is -7.88. The van der Waals surface area contributed by atoms with E-state index in [-0.39, 0.29) is 0 Å². The Morgan fingerprint density at radius 3 is 1.85 bits per heavy atom. The third-order valence-electron chi connectivity index (χ3n) is 11.9. The maximum Gasteiger partial charge on any atom is 0.143 e. The molecular formula is C56H35NO2. The third kappa shape index (κ3) is 5.44. The highest BCUT2D eigenvalue weighted by molar-refractivity contribution is 6.20. The molecule has 0 saturated heterocycles. The van der Waals surface area contributed by atoms with Crippen molar-refractivity contribution in [1.29, 1.82) is 0 Å². The number of furan rings is 2. The topological polar surface area (TPSA) is 29.5 Å². The van der Waals surface area contributed by atoms with E-state index < -0.39 is 0 Å². The second-order valence-electron chi connectivity index (χ2n) is 15.2. The summed E-state index contributed by atoms with van der Waals surface area (Å²) in [5.74, 6) is 0. The molecule has 0 unspecified atom stereocenters. The van der Waals surface area contributed by atoms with Crippen LogP contribution in [0, 0.1) is 0 Å². The van der Waals surface area contributed by atoms with E-state index in [0.29, 0.717) is 0 Å². The van der Waals surface area contributed by atoms with Crippen LogP contribution in [-0.4, -0.2) is 0 Å². The molecule has 3 heteroatoms. The molecule has 0 N–H and O–H groups in total. The van der Waals surface area contributed by atoms with E-state index in [1.165, 1.54) is 21.7 Å². The average molecular weight is 754 g/mol. The Morgan fingerprint density at radius 2 is 0.949 bits per heavy atom. The monoisotopic (exact) mass is 753 g/mol. The van der Waals surface area contributed by atoms with E-state index in [0.717, 1.165) is 94.1 Å². The Kier molecular flexibility index (Phi) is 7.54. The van der Waals surface area contributed by atoms with Gasteiger partial charge in [0.15, 0.2) is 0 Å². The summed E-state index contributed by atoms with van der Waals surface area (Å²) in [5, 5.41) is 9.22. The second-order valence-corrected chi connectivity index (χ2v) is 15.2. The lowest BCUT2D eigenvalue weighted by atomic mass is 9.95. The van der Waals surface area contributed by atoms with E-state index in [4.69, 9.17) is 8.83 Å². The maximum atomic E-state index is 6.68. The van der Waals surface area contributed by atoms with Gasteiger partial charge in [-0.05, 0) is 105 Å². The van der Waals surface area contributed by atoms with Crippen LogP contribution in [0.3, 0.4) is 0 Å². The van der Waals surface area contributed by atoms with Gasteiger partial charge < -0.3 is 13.7 Å². The van der Waals surface area contributed by atoms with Gasteiger partial charge in [-0.2, -0.15) is 0 Å². The molecular weight excluding hydrogens is 719 g/mol. The van der Waals surface area contributed by atoms with Gasteiger partial charge in [0.05, 0.1) is 5.69 Å². The van der Waals surface area contributed by atoms with Crippen LogP contribution in [-0.2, 0) is 0 Å². The Bertz CT molecular complexity index is 3570. The Balaban J connectivity index is 1.05. The smallest absolute Gasteiger partial charge is 0.143 e. The fraction of sp³-hybridized carbons (Fsp3) is 0. The molecule has 59 heavy (non-hydrogen) atoms. The summed E-state index contributed by atoms with van der Waals surface area (Å²) in [6.07, 6.45) is 0. The number of hydrogen-bond donors (Lipinski definition) is 0. The zero-order valence-corrected chi connectivity index (χ0v) is 32.0. The van der Waals surface area contributed by atoms with Gasteiger partial charge in [-0.15, -0.1) is 0 Å². The largest absolute Gasteiger partial charge is 0.456 e. The van der Waals surface area contributed by atoms with Gasteiger partial charge in [-0.25, -0.2) is 0 Å². The van der Waals surface area contributed by atoms with Crippen molar-refractivity contribution in [3.8, 4) is 33.4 Å². The molecule has 0 fully saturated rings. The summed E-state index contributed by atoms with van der Waals surface area (Å²) in [4.78, 5) is 2.40. The average Bonchev–Trinajstić information content (AvgIpc) is 3.88. The number of anilines is 3. The Morgan fingerprint density at radius 1 is 0.305 bits per heavy atom. The lowest BCUT2D eigenvalue weighted by Crippen LogP contribution is -2.11. The molecule has 0 aliphatic heterocycles. The van der Waals surface area contributed by atoms with Gasteiger partial charge in [-0.3, -0.25) is 0 Å². The maximum absolute atomic E-state index is 6.68. The van der Waals surface area contributed by atoms with Crippen LogP contribution in [0.4, 0.5) is 17.1 Å². The molecule has 12 rings (SSSR count). The minimum atomic E-state index is 0.875. The van der Waals surface area contributed by atoms with Crippen molar-refractivity contribution in [3.63, 3.8) is 0 Å². The zero-order chi connectivity index (χ0) is 38.9. The van der Waals surface area contributed by atoms with Crippen LogP contribution in [0.15, 0.2) is 221 Å². The molecule has 0 spiro atoms. The summed E-state index contributed by atoms with van der Waals surface area (Å²) < 4.78 is 12.8. The molecule has 10 aromatic carbocycles. The summed E-state index contributed by atoms with van der Waals surface area (Å²) >= 11 is 0. The van der Waals surface area contributed by atoms with E-state index in [1.54, 1.807) is 0 Å². The molecule has 0 aliphatic rings. The number of rotatable bonds is 6. The minimum Gasteiger partial charge on any atom is -0.456 e. The summed E-state index contributed by atoms with van der Waals surface area (Å²) in [5.41, 5.74) is 13.7. The van der Waals surface area contributed by atoms with Crippen molar-refractivity contribution in [2.45, 2.75) is 0 Å². The molecule has 12 aromatic rings. The van der Waals surface area contributed by atoms with Gasteiger partial charge in [0.25, 0.3) is 0 Å². The van der Waals surface area contributed by atoms with Gasteiger partial charge in [0.2, 0.25) is 0 Å². The zero-order valence-electron chi connectivity index (χ0n) is 32.0. The van der Waals surface area contributed by atoms with Crippen LogP contribution in [0.25, 0.3) is 98.8 Å². The lowest BCUT2D eigenvalue weighted by molar-refractivity contribution is 0.669. The minimum absolute atomic E-state index is 0.875. The first-order chi connectivity index (χ1) is 29.2. The molecule has 0 bridgehead atoms. The predicted molar refractivity (Wildman–Crippen MR) is 247 cm³/mol. The van der Waals surface area contributed by atoms with Gasteiger partial charge in [-0.1, -0.05) is 152 Å². The van der Waals surface area contributed by atoms with Crippen molar-refractivity contribution in [2.24, 2.45) is 0 Å². The van der Waals surface area contributed by atoms with Crippen molar-refractivity contribution < 1.29 is 8.83 Å². The standard InChI is InChI=1S/C56H35NO2/c1-3-17-43-37(12-1)14-10-21-44(43)40-15-9-16-42(34-40)57(41-30-26-36(27-31-41)39-29-33-53-50(35-39)47-20-6-8-24-52(47)58-53)51-23-7-5-19-46(51)48-22-11-25-54-55(48)49-32-28-38-13-2-4-18-45(38)56(49)59-54/h1-35H. The second kappa shape index (κ2) is 13.4. The van der Waals surface area contributed by atoms with Crippen LogP contribution < -0.4 is 4.90 Å². The summed E-state index contributed by atoms with van der Waals surface area (Å²) in [6, 6.07) is 75.9.